The maximum absolute atomic E-state index is 16.1. The van der Waals surface area contributed by atoms with Crippen molar-refractivity contribution < 1.29 is 22.0 Å². The molecule has 5 aromatic heterocycles. The fraction of sp³-hybridized carbons (Fsp3) is 0.200. The van der Waals surface area contributed by atoms with Crippen LogP contribution in [0.5, 0.6) is 0 Å². The average molecular weight is 615 g/mol. The molecule has 7 rings (SSSR count). The first-order chi connectivity index (χ1) is 21.1. The number of nitrogens with zero attached hydrogens (tertiary/aromatic N) is 5. The number of hydrogen-bond acceptors (Lipinski definition) is 8. The van der Waals surface area contributed by atoms with E-state index in [4.69, 9.17) is 0 Å². The molecule has 44 heavy (non-hydrogen) atoms. The molecular formula is C30H24F2N8O3S. The molecular weight excluding hydrogens is 590 g/mol. The van der Waals surface area contributed by atoms with E-state index in [-0.39, 0.29) is 46.6 Å². The van der Waals surface area contributed by atoms with E-state index in [1.165, 1.54) is 36.9 Å². The van der Waals surface area contributed by atoms with E-state index >= 15 is 4.39 Å². The van der Waals surface area contributed by atoms with Crippen LogP contribution in [0.3, 0.4) is 0 Å². The average Bonchev–Trinajstić information content (AvgIpc) is 3.60. The highest BCUT2D eigenvalue weighted by Crippen LogP contribution is 2.35. The molecule has 0 bridgehead atoms. The summed E-state index contributed by atoms with van der Waals surface area (Å²) in [4.78, 5) is 32.7. The summed E-state index contributed by atoms with van der Waals surface area (Å²) in [5, 5.41) is 10.0. The third-order valence-electron chi connectivity index (χ3n) is 7.42. The van der Waals surface area contributed by atoms with Crippen LogP contribution in [0, 0.1) is 17.6 Å². The van der Waals surface area contributed by atoms with Gasteiger partial charge in [0.25, 0.3) is 0 Å². The van der Waals surface area contributed by atoms with Crippen molar-refractivity contribution in [3.05, 3.63) is 72.3 Å². The summed E-state index contributed by atoms with van der Waals surface area (Å²) < 4.78 is 54.1. The van der Waals surface area contributed by atoms with Crippen molar-refractivity contribution in [2.24, 2.45) is 5.92 Å². The van der Waals surface area contributed by atoms with Gasteiger partial charge in [0.15, 0.2) is 17.3 Å². The minimum atomic E-state index is -3.23. The fourth-order valence-electron chi connectivity index (χ4n) is 5.09. The van der Waals surface area contributed by atoms with Gasteiger partial charge in [0.05, 0.1) is 40.3 Å². The molecule has 0 unspecified atom stereocenters. The molecule has 0 saturated heterocycles. The Morgan fingerprint density at radius 1 is 1.05 bits per heavy atom. The van der Waals surface area contributed by atoms with Crippen molar-refractivity contribution in [1.29, 1.82) is 0 Å². The minimum Gasteiger partial charge on any atom is -0.335 e. The summed E-state index contributed by atoms with van der Waals surface area (Å²) in [5.41, 5.74) is 3.73. The molecule has 1 saturated carbocycles. The van der Waals surface area contributed by atoms with E-state index in [2.05, 4.69) is 40.4 Å². The number of benzene rings is 1. The predicted octanol–water partition coefficient (Wildman–Crippen LogP) is 4.84. The van der Waals surface area contributed by atoms with Crippen LogP contribution in [0.25, 0.3) is 56.0 Å². The SMILES string of the molecule is CS(=O)(=O)CCc1cc(F)cc(-c2ccnc3nc(-c4n[nH]c5cnc(-c6cncc(NC(=O)C7CC7)c6)c(F)c45)[nH]c23)c1. The molecule has 1 aliphatic carbocycles. The first kappa shape index (κ1) is 27.7. The lowest BCUT2D eigenvalue weighted by Crippen LogP contribution is -2.13. The lowest BCUT2D eigenvalue weighted by molar-refractivity contribution is -0.117. The summed E-state index contributed by atoms with van der Waals surface area (Å²) in [6.07, 6.45) is 8.93. The summed E-state index contributed by atoms with van der Waals surface area (Å²) in [6, 6.07) is 7.68. The number of hydrogen-bond donors (Lipinski definition) is 3. The number of pyridine rings is 3. The molecule has 6 aromatic rings. The molecule has 0 spiro atoms. The monoisotopic (exact) mass is 614 g/mol. The van der Waals surface area contributed by atoms with Crippen molar-refractivity contribution in [2.45, 2.75) is 19.3 Å². The van der Waals surface area contributed by atoms with E-state index in [1.54, 1.807) is 18.2 Å². The molecule has 0 aliphatic heterocycles. The van der Waals surface area contributed by atoms with E-state index in [0.29, 0.717) is 44.6 Å². The van der Waals surface area contributed by atoms with Gasteiger partial charge in [0, 0.05) is 35.7 Å². The number of carbonyl (C=O) groups excluding carboxylic acids is 1. The van der Waals surface area contributed by atoms with E-state index < -0.39 is 21.5 Å². The van der Waals surface area contributed by atoms with Crippen LogP contribution in [0.4, 0.5) is 14.5 Å². The van der Waals surface area contributed by atoms with Gasteiger partial charge in [0.2, 0.25) is 5.91 Å². The number of nitrogens with one attached hydrogen (secondary N) is 3. The molecule has 1 aliphatic rings. The largest absolute Gasteiger partial charge is 0.335 e. The first-order valence-electron chi connectivity index (χ1n) is 13.7. The van der Waals surface area contributed by atoms with E-state index in [0.717, 1.165) is 19.1 Å². The number of fused-ring (bicyclic) bond motifs is 2. The molecule has 1 fully saturated rings. The summed E-state index contributed by atoms with van der Waals surface area (Å²) in [6.45, 7) is 0. The number of imidazole rings is 1. The zero-order chi connectivity index (χ0) is 30.6. The lowest BCUT2D eigenvalue weighted by atomic mass is 10.0. The van der Waals surface area contributed by atoms with Crippen molar-refractivity contribution >= 4 is 43.5 Å². The zero-order valence-electron chi connectivity index (χ0n) is 23.2. The van der Waals surface area contributed by atoms with Crippen molar-refractivity contribution in [3.8, 4) is 33.9 Å². The first-order valence-corrected chi connectivity index (χ1v) is 15.8. The predicted molar refractivity (Wildman–Crippen MR) is 160 cm³/mol. The lowest BCUT2D eigenvalue weighted by Gasteiger charge is -2.08. The quantitative estimate of drug-likeness (QED) is 0.220. The number of carbonyl (C=O) groups is 1. The minimum absolute atomic E-state index is 0.0000130. The van der Waals surface area contributed by atoms with Crippen LogP contribution < -0.4 is 5.32 Å². The van der Waals surface area contributed by atoms with Gasteiger partial charge < -0.3 is 10.3 Å². The number of aryl methyl sites for hydroxylation is 1. The van der Waals surface area contributed by atoms with Gasteiger partial charge in [-0.3, -0.25) is 19.9 Å². The van der Waals surface area contributed by atoms with E-state index in [1.807, 2.05) is 0 Å². The molecule has 1 aromatic carbocycles. The molecule has 3 N–H and O–H groups in total. The third kappa shape index (κ3) is 5.39. The third-order valence-corrected chi connectivity index (χ3v) is 8.36. The second-order valence-corrected chi connectivity index (χ2v) is 13.1. The standard InChI is InChI=1S/C30H24F2N8O3S/c1-44(42,43)7-5-15-8-17(10-19(31)9-15)21-4-6-34-28-26(21)37-29(38-28)27-23-22(39-40-27)14-35-25(24(23)32)18-11-20(13-33-12-18)36-30(41)16-2-3-16/h4,6,8-14,16H,2-3,5,7H2,1H3,(H,36,41)(H,39,40)(H,34,37,38). The second-order valence-electron chi connectivity index (χ2n) is 10.9. The number of H-pyrrole nitrogens is 2. The molecule has 14 heteroatoms. The molecule has 0 radical (unpaired) electrons. The Balaban J connectivity index is 1.27. The van der Waals surface area contributed by atoms with Gasteiger partial charge in [-0.05, 0) is 54.7 Å². The highest BCUT2D eigenvalue weighted by atomic mass is 32.2. The normalized spacial score (nSPS) is 13.5. The smallest absolute Gasteiger partial charge is 0.227 e. The van der Waals surface area contributed by atoms with Crippen molar-refractivity contribution in [3.63, 3.8) is 0 Å². The Bertz CT molecular complexity index is 2210. The maximum Gasteiger partial charge on any atom is 0.227 e. The fourth-order valence-corrected chi connectivity index (χ4v) is 5.70. The van der Waals surface area contributed by atoms with Gasteiger partial charge in [-0.25, -0.2) is 27.2 Å². The van der Waals surface area contributed by atoms with Crippen molar-refractivity contribution in [1.82, 2.24) is 35.1 Å². The Labute approximate surface area is 249 Å². The molecule has 222 valence electrons. The highest BCUT2D eigenvalue weighted by molar-refractivity contribution is 7.90. The Kier molecular flexibility index (Phi) is 6.65. The molecule has 1 amide bonds. The summed E-state index contributed by atoms with van der Waals surface area (Å²) in [5.74, 6) is -1.15. The summed E-state index contributed by atoms with van der Waals surface area (Å²) >= 11 is 0. The van der Waals surface area contributed by atoms with Gasteiger partial charge in [-0.15, -0.1) is 0 Å². The van der Waals surface area contributed by atoms with Crippen LogP contribution in [0.15, 0.2) is 55.1 Å². The van der Waals surface area contributed by atoms with E-state index in [9.17, 15) is 17.6 Å². The highest BCUT2D eigenvalue weighted by Gasteiger charge is 2.30. The van der Waals surface area contributed by atoms with Gasteiger partial charge in [-0.1, -0.05) is 6.07 Å². The summed E-state index contributed by atoms with van der Waals surface area (Å²) in [7, 11) is -3.23. The Hall–Kier alpha value is -5.11. The number of sulfone groups is 1. The Morgan fingerprint density at radius 3 is 2.68 bits per heavy atom. The van der Waals surface area contributed by atoms with Gasteiger partial charge in [-0.2, -0.15) is 5.10 Å². The van der Waals surface area contributed by atoms with Crippen LogP contribution in [0.2, 0.25) is 0 Å². The number of aromatic nitrogens is 7. The topological polar surface area (TPSA) is 159 Å². The van der Waals surface area contributed by atoms with Crippen LogP contribution >= 0.6 is 0 Å². The number of aromatic amines is 2. The van der Waals surface area contributed by atoms with Crippen LogP contribution in [0.1, 0.15) is 18.4 Å². The number of amides is 1. The van der Waals surface area contributed by atoms with Crippen LogP contribution in [-0.2, 0) is 21.1 Å². The van der Waals surface area contributed by atoms with Gasteiger partial charge in [0.1, 0.15) is 27.0 Å². The number of halogens is 2. The second kappa shape index (κ2) is 10.6. The molecule has 11 nitrogen and oxygen atoms in total. The maximum atomic E-state index is 16.1. The number of rotatable bonds is 8. The van der Waals surface area contributed by atoms with Crippen molar-refractivity contribution in [2.75, 3.05) is 17.3 Å². The number of anilines is 1. The van der Waals surface area contributed by atoms with Gasteiger partial charge >= 0.3 is 0 Å². The van der Waals surface area contributed by atoms with Crippen LogP contribution in [-0.4, -0.2) is 61.5 Å². The molecule has 0 atom stereocenters. The molecule has 5 heterocycles. The Morgan fingerprint density at radius 2 is 1.89 bits per heavy atom. The zero-order valence-corrected chi connectivity index (χ0v) is 24.0.